The minimum atomic E-state index is -1.26. The fraction of sp³-hybridized carbons (Fsp3) is 0. The molecule has 0 aliphatic carbocycles. The predicted molar refractivity (Wildman–Crippen MR) is 80.8 cm³/mol. The lowest BCUT2D eigenvalue weighted by molar-refractivity contribution is -0.134. The first-order valence-corrected chi connectivity index (χ1v) is 6.26. The maximum atomic E-state index is 11.6. The molecule has 118 valence electrons. The van der Waals surface area contributed by atoms with Gasteiger partial charge < -0.3 is 10.2 Å². The lowest BCUT2D eigenvalue weighted by atomic mass is 10.2. The second-order valence-electron chi connectivity index (χ2n) is 3.90. The Labute approximate surface area is 131 Å². The van der Waals surface area contributed by atoms with Gasteiger partial charge in [0.05, 0.1) is 0 Å². The number of anilines is 1. The standard InChI is InChI=1S/C11H9N3O.C4H4O4/c15-10(9-5-2-1-3-6-9)14-11-12-7-4-8-13-11;5-3(6)1-2-4(7)8/h1-8H,(H,12,13,14,15);1-2H,(H,5,6)(H,7,8)/b;2-1+. The topological polar surface area (TPSA) is 129 Å². The molecule has 1 amide bonds. The van der Waals surface area contributed by atoms with Gasteiger partial charge in [-0.25, -0.2) is 19.6 Å². The maximum absolute atomic E-state index is 11.6. The number of aliphatic carboxylic acids is 2. The molecule has 0 atom stereocenters. The van der Waals surface area contributed by atoms with Gasteiger partial charge in [-0.2, -0.15) is 0 Å². The Balaban J connectivity index is 0.000000284. The van der Waals surface area contributed by atoms with E-state index in [0.717, 1.165) is 0 Å². The quantitative estimate of drug-likeness (QED) is 0.728. The highest BCUT2D eigenvalue weighted by molar-refractivity contribution is 6.03. The third kappa shape index (κ3) is 7.71. The van der Waals surface area contributed by atoms with E-state index in [1.54, 1.807) is 42.7 Å². The zero-order valence-electron chi connectivity index (χ0n) is 11.8. The van der Waals surface area contributed by atoms with Crippen molar-refractivity contribution in [2.75, 3.05) is 5.32 Å². The summed E-state index contributed by atoms with van der Waals surface area (Å²) in [7, 11) is 0. The van der Waals surface area contributed by atoms with Crippen molar-refractivity contribution < 1.29 is 24.6 Å². The Morgan fingerprint density at radius 2 is 1.39 bits per heavy atom. The molecule has 0 bridgehead atoms. The third-order valence-electron chi connectivity index (χ3n) is 2.20. The first-order chi connectivity index (χ1) is 11.0. The molecule has 0 fully saturated rings. The van der Waals surface area contributed by atoms with Gasteiger partial charge in [-0.15, -0.1) is 0 Å². The summed E-state index contributed by atoms with van der Waals surface area (Å²) in [5.41, 5.74) is 0.588. The number of nitrogens with zero attached hydrogens (tertiary/aromatic N) is 2. The van der Waals surface area contributed by atoms with Crippen LogP contribution in [0.1, 0.15) is 10.4 Å². The highest BCUT2D eigenvalue weighted by Gasteiger charge is 2.05. The van der Waals surface area contributed by atoms with Crippen molar-refractivity contribution in [2.24, 2.45) is 0 Å². The molecule has 23 heavy (non-hydrogen) atoms. The SMILES string of the molecule is O=C(Nc1ncccn1)c1ccccc1.O=C(O)/C=C/C(=O)O. The van der Waals surface area contributed by atoms with Crippen LogP contribution in [-0.2, 0) is 9.59 Å². The number of amides is 1. The van der Waals surface area contributed by atoms with Crippen LogP contribution in [-0.4, -0.2) is 38.0 Å². The van der Waals surface area contributed by atoms with Gasteiger partial charge in [0.2, 0.25) is 5.95 Å². The van der Waals surface area contributed by atoms with Crippen LogP contribution in [0, 0.1) is 0 Å². The first-order valence-electron chi connectivity index (χ1n) is 6.26. The monoisotopic (exact) mass is 315 g/mol. The fourth-order valence-corrected chi connectivity index (χ4v) is 1.27. The van der Waals surface area contributed by atoms with Crippen LogP contribution in [0.5, 0.6) is 0 Å². The molecule has 0 unspecified atom stereocenters. The molecule has 1 aromatic heterocycles. The Morgan fingerprint density at radius 3 is 1.87 bits per heavy atom. The number of hydrogen-bond donors (Lipinski definition) is 3. The van der Waals surface area contributed by atoms with E-state index in [0.29, 0.717) is 23.7 Å². The van der Waals surface area contributed by atoms with Crippen LogP contribution in [0.25, 0.3) is 0 Å². The van der Waals surface area contributed by atoms with Crippen LogP contribution in [0.2, 0.25) is 0 Å². The molecule has 0 aliphatic rings. The minimum Gasteiger partial charge on any atom is -0.478 e. The van der Waals surface area contributed by atoms with Gasteiger partial charge in [-0.05, 0) is 18.2 Å². The van der Waals surface area contributed by atoms with E-state index in [9.17, 15) is 14.4 Å². The molecule has 2 aromatic rings. The molecule has 1 heterocycles. The van der Waals surface area contributed by atoms with E-state index in [-0.39, 0.29) is 5.91 Å². The summed E-state index contributed by atoms with van der Waals surface area (Å²) >= 11 is 0. The van der Waals surface area contributed by atoms with Crippen LogP contribution in [0.15, 0.2) is 60.9 Å². The first kappa shape index (κ1) is 17.5. The van der Waals surface area contributed by atoms with Crippen molar-refractivity contribution >= 4 is 23.8 Å². The molecular weight excluding hydrogens is 302 g/mol. The van der Waals surface area contributed by atoms with Crippen molar-refractivity contribution in [3.63, 3.8) is 0 Å². The summed E-state index contributed by atoms with van der Waals surface area (Å²) in [5.74, 6) is -2.41. The number of carboxylic acids is 2. The van der Waals surface area contributed by atoms with E-state index in [4.69, 9.17) is 10.2 Å². The lowest BCUT2D eigenvalue weighted by Crippen LogP contribution is -2.13. The number of aromatic nitrogens is 2. The van der Waals surface area contributed by atoms with Crippen molar-refractivity contribution in [1.82, 2.24) is 9.97 Å². The van der Waals surface area contributed by atoms with E-state index in [1.165, 1.54) is 0 Å². The van der Waals surface area contributed by atoms with Gasteiger partial charge in [0, 0.05) is 30.1 Å². The molecule has 3 N–H and O–H groups in total. The number of hydrogen-bond acceptors (Lipinski definition) is 5. The van der Waals surface area contributed by atoms with Gasteiger partial charge >= 0.3 is 11.9 Å². The van der Waals surface area contributed by atoms with Gasteiger partial charge in [0.15, 0.2) is 0 Å². The molecular formula is C15H13N3O5. The second-order valence-corrected chi connectivity index (χ2v) is 3.90. The number of nitrogens with one attached hydrogen (secondary N) is 1. The molecule has 2 rings (SSSR count). The number of rotatable bonds is 4. The molecule has 1 aromatic carbocycles. The number of benzene rings is 1. The fourth-order valence-electron chi connectivity index (χ4n) is 1.27. The van der Waals surface area contributed by atoms with E-state index in [2.05, 4.69) is 15.3 Å². The summed E-state index contributed by atoms with van der Waals surface area (Å²) in [5, 5.41) is 18.2. The number of carbonyl (C=O) groups excluding carboxylic acids is 1. The highest BCUT2D eigenvalue weighted by Crippen LogP contribution is 2.02. The van der Waals surface area contributed by atoms with Gasteiger partial charge in [-0.1, -0.05) is 18.2 Å². The smallest absolute Gasteiger partial charge is 0.328 e. The second kappa shape index (κ2) is 9.40. The van der Waals surface area contributed by atoms with Crippen molar-refractivity contribution in [3.05, 3.63) is 66.5 Å². The van der Waals surface area contributed by atoms with Gasteiger partial charge in [-0.3, -0.25) is 10.1 Å². The summed E-state index contributed by atoms with van der Waals surface area (Å²) in [4.78, 5) is 38.5. The summed E-state index contributed by atoms with van der Waals surface area (Å²) < 4.78 is 0. The summed E-state index contributed by atoms with van der Waals surface area (Å²) in [6.07, 6.45) is 4.27. The largest absolute Gasteiger partial charge is 0.478 e. The average Bonchev–Trinajstić information content (AvgIpc) is 2.55. The average molecular weight is 315 g/mol. The van der Waals surface area contributed by atoms with Crippen LogP contribution < -0.4 is 5.32 Å². The Hall–Kier alpha value is -3.55. The number of carbonyl (C=O) groups is 3. The predicted octanol–water partition coefficient (Wildman–Crippen LogP) is 1.44. The molecule has 0 spiro atoms. The van der Waals surface area contributed by atoms with Crippen LogP contribution in [0.3, 0.4) is 0 Å². The zero-order valence-corrected chi connectivity index (χ0v) is 11.8. The van der Waals surface area contributed by atoms with Gasteiger partial charge in [0.25, 0.3) is 5.91 Å². The highest BCUT2D eigenvalue weighted by atomic mass is 16.4. The molecule has 0 aliphatic heterocycles. The van der Waals surface area contributed by atoms with Crippen LogP contribution in [0.4, 0.5) is 5.95 Å². The molecule has 8 heteroatoms. The van der Waals surface area contributed by atoms with Crippen LogP contribution >= 0.6 is 0 Å². The number of carboxylic acid groups (broad SMARTS) is 2. The van der Waals surface area contributed by atoms with E-state index < -0.39 is 11.9 Å². The Kier molecular flexibility index (Phi) is 7.15. The molecule has 0 saturated carbocycles. The molecule has 0 saturated heterocycles. The maximum Gasteiger partial charge on any atom is 0.328 e. The van der Waals surface area contributed by atoms with E-state index in [1.807, 2.05) is 6.07 Å². The third-order valence-corrected chi connectivity index (χ3v) is 2.20. The Bertz CT molecular complexity index is 671. The van der Waals surface area contributed by atoms with Crippen molar-refractivity contribution in [1.29, 1.82) is 0 Å². The Morgan fingerprint density at radius 1 is 0.870 bits per heavy atom. The normalized spacial score (nSPS) is 9.57. The summed E-state index contributed by atoms with van der Waals surface area (Å²) in [6, 6.07) is 10.6. The molecule has 0 radical (unpaired) electrons. The van der Waals surface area contributed by atoms with Gasteiger partial charge in [0.1, 0.15) is 0 Å². The minimum absolute atomic E-state index is 0.207. The molecule has 8 nitrogen and oxygen atoms in total. The van der Waals surface area contributed by atoms with E-state index >= 15 is 0 Å². The van der Waals surface area contributed by atoms with Crippen molar-refractivity contribution in [3.8, 4) is 0 Å². The lowest BCUT2D eigenvalue weighted by Gasteiger charge is -2.01. The summed E-state index contributed by atoms with van der Waals surface area (Å²) in [6.45, 7) is 0. The van der Waals surface area contributed by atoms with Crippen molar-refractivity contribution in [2.45, 2.75) is 0 Å². The zero-order chi connectivity index (χ0) is 17.1.